The first-order chi connectivity index (χ1) is 12.2. The highest BCUT2D eigenvalue weighted by Gasteiger charge is 2.08. The number of amides is 1. The summed E-state index contributed by atoms with van der Waals surface area (Å²) in [6.45, 7) is 4.78. The first-order valence-corrected chi connectivity index (χ1v) is 9.18. The Labute approximate surface area is 151 Å². The van der Waals surface area contributed by atoms with Crippen LogP contribution in [0.2, 0.25) is 0 Å². The summed E-state index contributed by atoms with van der Waals surface area (Å²) in [6, 6.07) is 16.0. The summed E-state index contributed by atoms with van der Waals surface area (Å²) in [5.74, 6) is -0.134. The van der Waals surface area contributed by atoms with Crippen molar-refractivity contribution in [1.29, 1.82) is 0 Å². The first-order valence-electron chi connectivity index (χ1n) is 8.30. The van der Waals surface area contributed by atoms with E-state index in [1.165, 1.54) is 16.9 Å². The van der Waals surface area contributed by atoms with Crippen molar-refractivity contribution < 1.29 is 4.79 Å². The van der Waals surface area contributed by atoms with Gasteiger partial charge in [0.15, 0.2) is 5.13 Å². The van der Waals surface area contributed by atoms with E-state index >= 15 is 0 Å². The number of anilines is 2. The molecule has 25 heavy (non-hydrogen) atoms. The summed E-state index contributed by atoms with van der Waals surface area (Å²) in [6.07, 6.45) is 0.999. The smallest absolute Gasteiger partial charge is 0.257 e. The predicted octanol–water partition coefficient (Wildman–Crippen LogP) is 4.88. The lowest BCUT2D eigenvalue weighted by Crippen LogP contribution is -2.12. The summed E-state index contributed by atoms with van der Waals surface area (Å²) in [5, 5.41) is 8.83. The highest BCUT2D eigenvalue weighted by molar-refractivity contribution is 7.13. The molecule has 4 nitrogen and oxygen atoms in total. The number of rotatable bonds is 6. The number of nitrogens with zero attached hydrogens (tertiary/aromatic N) is 1. The molecule has 2 aromatic carbocycles. The standard InChI is InChI=1S/C20H21N3OS/c1-3-16-6-4-5-7-18(16)21-12-15-8-10-17(11-9-15)19(24)23-20-22-14(2)13-25-20/h4-11,13,21H,3,12H2,1-2H3,(H,22,23,24). The van der Waals surface area contributed by atoms with E-state index in [-0.39, 0.29) is 5.91 Å². The van der Waals surface area contributed by atoms with Gasteiger partial charge in [0.1, 0.15) is 0 Å². The highest BCUT2D eigenvalue weighted by atomic mass is 32.1. The molecule has 0 bridgehead atoms. The molecule has 0 spiro atoms. The topological polar surface area (TPSA) is 54.0 Å². The maximum Gasteiger partial charge on any atom is 0.257 e. The van der Waals surface area contributed by atoms with Gasteiger partial charge in [0.05, 0.1) is 5.69 Å². The molecule has 1 amide bonds. The minimum absolute atomic E-state index is 0.134. The zero-order valence-corrected chi connectivity index (χ0v) is 15.2. The maximum atomic E-state index is 12.2. The fourth-order valence-electron chi connectivity index (χ4n) is 2.55. The van der Waals surface area contributed by atoms with Crippen LogP contribution >= 0.6 is 11.3 Å². The molecule has 0 aliphatic carbocycles. The Kier molecular flexibility index (Phi) is 5.46. The summed E-state index contributed by atoms with van der Waals surface area (Å²) in [4.78, 5) is 16.5. The number of aromatic nitrogens is 1. The lowest BCUT2D eigenvalue weighted by atomic mass is 10.1. The first kappa shape index (κ1) is 17.2. The van der Waals surface area contributed by atoms with Crippen LogP contribution in [-0.2, 0) is 13.0 Å². The molecular formula is C20H21N3OS. The second-order valence-electron chi connectivity index (χ2n) is 5.81. The normalized spacial score (nSPS) is 10.5. The quantitative estimate of drug-likeness (QED) is 0.665. The Morgan fingerprint density at radius 1 is 1.12 bits per heavy atom. The summed E-state index contributed by atoms with van der Waals surface area (Å²) in [5.41, 5.74) is 5.13. The molecule has 0 radical (unpaired) electrons. The van der Waals surface area contributed by atoms with E-state index in [4.69, 9.17) is 0 Å². The molecule has 0 aliphatic rings. The zero-order valence-electron chi connectivity index (χ0n) is 14.4. The second kappa shape index (κ2) is 7.94. The fraction of sp³-hybridized carbons (Fsp3) is 0.200. The number of para-hydroxylation sites is 1. The van der Waals surface area contributed by atoms with Gasteiger partial charge >= 0.3 is 0 Å². The lowest BCUT2D eigenvalue weighted by molar-refractivity contribution is 0.102. The average molecular weight is 351 g/mol. The Morgan fingerprint density at radius 3 is 2.56 bits per heavy atom. The van der Waals surface area contributed by atoms with Crippen molar-refractivity contribution in [2.75, 3.05) is 10.6 Å². The molecular weight excluding hydrogens is 330 g/mol. The van der Waals surface area contributed by atoms with Gasteiger partial charge in [-0.05, 0) is 42.7 Å². The Morgan fingerprint density at radius 2 is 1.88 bits per heavy atom. The zero-order chi connectivity index (χ0) is 17.6. The van der Waals surface area contributed by atoms with Crippen molar-refractivity contribution in [3.63, 3.8) is 0 Å². The van der Waals surface area contributed by atoms with E-state index in [1.54, 1.807) is 0 Å². The van der Waals surface area contributed by atoms with Crippen LogP contribution in [0, 0.1) is 6.92 Å². The van der Waals surface area contributed by atoms with Crippen LogP contribution in [0.5, 0.6) is 0 Å². The molecule has 0 saturated carbocycles. The van der Waals surface area contributed by atoms with Gasteiger partial charge in [0.2, 0.25) is 0 Å². The largest absolute Gasteiger partial charge is 0.381 e. The van der Waals surface area contributed by atoms with Crippen LogP contribution in [-0.4, -0.2) is 10.9 Å². The van der Waals surface area contributed by atoms with Gasteiger partial charge < -0.3 is 5.32 Å². The molecule has 0 unspecified atom stereocenters. The summed E-state index contributed by atoms with van der Waals surface area (Å²) < 4.78 is 0. The molecule has 0 atom stereocenters. The SMILES string of the molecule is CCc1ccccc1NCc1ccc(C(=O)Nc2nc(C)cs2)cc1. The number of carbonyl (C=O) groups excluding carboxylic acids is 1. The van der Waals surface area contributed by atoms with Crippen molar-refractivity contribution in [3.8, 4) is 0 Å². The Balaban J connectivity index is 1.61. The third kappa shape index (κ3) is 4.45. The van der Waals surface area contributed by atoms with Crippen molar-refractivity contribution >= 4 is 28.1 Å². The van der Waals surface area contributed by atoms with Crippen molar-refractivity contribution in [1.82, 2.24) is 4.98 Å². The Hall–Kier alpha value is -2.66. The number of aryl methyl sites for hydroxylation is 2. The van der Waals surface area contributed by atoms with Gasteiger partial charge in [0, 0.05) is 23.2 Å². The highest BCUT2D eigenvalue weighted by Crippen LogP contribution is 2.18. The number of benzene rings is 2. The molecule has 0 aliphatic heterocycles. The van der Waals surface area contributed by atoms with Crippen LogP contribution in [0.4, 0.5) is 10.8 Å². The summed E-state index contributed by atoms with van der Waals surface area (Å²) >= 11 is 1.43. The molecule has 2 N–H and O–H groups in total. The van der Waals surface area contributed by atoms with Gasteiger partial charge in [-0.15, -0.1) is 11.3 Å². The second-order valence-corrected chi connectivity index (χ2v) is 6.67. The summed E-state index contributed by atoms with van der Waals surface area (Å²) in [7, 11) is 0. The van der Waals surface area contributed by atoms with Crippen LogP contribution in [0.15, 0.2) is 53.9 Å². The minimum Gasteiger partial charge on any atom is -0.381 e. The van der Waals surface area contributed by atoms with Gasteiger partial charge in [-0.3, -0.25) is 10.1 Å². The third-order valence-electron chi connectivity index (χ3n) is 3.94. The van der Waals surface area contributed by atoms with E-state index in [2.05, 4.69) is 40.7 Å². The third-order valence-corrected chi connectivity index (χ3v) is 4.81. The van der Waals surface area contributed by atoms with E-state index in [0.717, 1.165) is 29.9 Å². The lowest BCUT2D eigenvalue weighted by Gasteiger charge is -2.11. The van der Waals surface area contributed by atoms with Crippen LogP contribution in [0.3, 0.4) is 0 Å². The molecule has 0 saturated heterocycles. The fourth-order valence-corrected chi connectivity index (χ4v) is 3.24. The molecule has 1 heterocycles. The molecule has 5 heteroatoms. The number of nitrogens with one attached hydrogen (secondary N) is 2. The van der Waals surface area contributed by atoms with Crippen LogP contribution in [0.1, 0.15) is 34.1 Å². The average Bonchev–Trinajstić information content (AvgIpc) is 3.05. The van der Waals surface area contributed by atoms with Gasteiger partial charge in [-0.25, -0.2) is 4.98 Å². The number of thiazole rings is 1. The number of hydrogen-bond acceptors (Lipinski definition) is 4. The van der Waals surface area contributed by atoms with E-state index in [1.807, 2.05) is 42.6 Å². The van der Waals surface area contributed by atoms with Gasteiger partial charge in [-0.2, -0.15) is 0 Å². The van der Waals surface area contributed by atoms with Gasteiger partial charge in [-0.1, -0.05) is 37.3 Å². The van der Waals surface area contributed by atoms with Gasteiger partial charge in [0.25, 0.3) is 5.91 Å². The predicted molar refractivity (Wildman–Crippen MR) is 104 cm³/mol. The van der Waals surface area contributed by atoms with E-state index in [0.29, 0.717) is 10.7 Å². The molecule has 1 aromatic heterocycles. The monoisotopic (exact) mass is 351 g/mol. The van der Waals surface area contributed by atoms with Crippen molar-refractivity contribution in [2.24, 2.45) is 0 Å². The van der Waals surface area contributed by atoms with Crippen molar-refractivity contribution in [3.05, 3.63) is 76.3 Å². The van der Waals surface area contributed by atoms with E-state index in [9.17, 15) is 4.79 Å². The molecule has 128 valence electrons. The molecule has 3 aromatic rings. The number of carbonyl (C=O) groups is 1. The Bertz CT molecular complexity index is 855. The molecule has 3 rings (SSSR count). The minimum atomic E-state index is -0.134. The maximum absolute atomic E-state index is 12.2. The molecule has 0 fully saturated rings. The number of hydrogen-bond donors (Lipinski definition) is 2. The van der Waals surface area contributed by atoms with Crippen LogP contribution in [0.25, 0.3) is 0 Å². The van der Waals surface area contributed by atoms with E-state index < -0.39 is 0 Å². The van der Waals surface area contributed by atoms with Crippen molar-refractivity contribution in [2.45, 2.75) is 26.8 Å². The van der Waals surface area contributed by atoms with Crippen LogP contribution < -0.4 is 10.6 Å².